The monoisotopic (exact) mass is 301 g/mol. The van der Waals surface area contributed by atoms with Crippen molar-refractivity contribution in [3.05, 3.63) is 45.7 Å². The van der Waals surface area contributed by atoms with Gasteiger partial charge in [0, 0.05) is 41.2 Å². The van der Waals surface area contributed by atoms with Crippen LogP contribution in [0.4, 0.5) is 0 Å². The van der Waals surface area contributed by atoms with Crippen LogP contribution in [0.3, 0.4) is 0 Å². The van der Waals surface area contributed by atoms with E-state index in [1.54, 1.807) is 0 Å². The molecule has 2 aromatic rings. The molecule has 1 aliphatic carbocycles. The average molecular weight is 301 g/mol. The van der Waals surface area contributed by atoms with E-state index in [-0.39, 0.29) is 5.41 Å². The molecule has 1 saturated carbocycles. The minimum absolute atomic E-state index is 0.0967. The Kier molecular flexibility index (Phi) is 4.09. The highest BCUT2D eigenvalue weighted by molar-refractivity contribution is 7.11. The third-order valence-electron chi connectivity index (χ3n) is 3.64. The lowest BCUT2D eigenvalue weighted by Gasteiger charge is -2.17. The summed E-state index contributed by atoms with van der Waals surface area (Å²) in [5.41, 5.74) is 2.43. The molecule has 0 spiro atoms. The summed E-state index contributed by atoms with van der Waals surface area (Å²) < 4.78 is 0. The second-order valence-electron chi connectivity index (χ2n) is 6.78. The van der Waals surface area contributed by atoms with Crippen molar-refractivity contribution >= 4 is 11.3 Å². The van der Waals surface area contributed by atoms with E-state index in [0.29, 0.717) is 0 Å². The molecule has 3 rings (SSSR count). The third-order valence-corrected chi connectivity index (χ3v) is 4.69. The van der Waals surface area contributed by atoms with Crippen molar-refractivity contribution in [1.82, 2.24) is 15.3 Å². The van der Waals surface area contributed by atoms with Gasteiger partial charge >= 0.3 is 0 Å². The van der Waals surface area contributed by atoms with Gasteiger partial charge in [-0.1, -0.05) is 26.8 Å². The molecule has 0 atom stereocenters. The normalized spacial score (nSPS) is 15.4. The Labute approximate surface area is 130 Å². The first kappa shape index (κ1) is 14.7. The zero-order valence-corrected chi connectivity index (χ0v) is 13.8. The molecule has 3 nitrogen and oxygen atoms in total. The van der Waals surface area contributed by atoms with Gasteiger partial charge in [0.1, 0.15) is 0 Å². The van der Waals surface area contributed by atoms with Crippen molar-refractivity contribution in [3.8, 4) is 0 Å². The standard InChI is InChI=1S/C17H23N3S/c1-17(2,3)16-14(11-19-12-7-8-12)21-15(20-16)10-13-6-4-5-9-18-13/h4-6,9,12,19H,7-8,10-11H2,1-3H3. The maximum atomic E-state index is 4.91. The van der Waals surface area contributed by atoms with E-state index in [9.17, 15) is 0 Å². The van der Waals surface area contributed by atoms with Gasteiger partial charge < -0.3 is 5.32 Å². The van der Waals surface area contributed by atoms with Gasteiger partial charge in [0.15, 0.2) is 0 Å². The molecule has 0 unspecified atom stereocenters. The average Bonchev–Trinajstić information content (AvgIpc) is 3.17. The van der Waals surface area contributed by atoms with Crippen molar-refractivity contribution in [2.75, 3.05) is 0 Å². The summed E-state index contributed by atoms with van der Waals surface area (Å²) in [7, 11) is 0. The Balaban J connectivity index is 1.80. The zero-order chi connectivity index (χ0) is 14.9. The number of hydrogen-bond acceptors (Lipinski definition) is 4. The Morgan fingerprint density at radius 2 is 2.10 bits per heavy atom. The second-order valence-corrected chi connectivity index (χ2v) is 7.95. The van der Waals surface area contributed by atoms with E-state index in [1.807, 2.05) is 29.7 Å². The quantitative estimate of drug-likeness (QED) is 0.915. The van der Waals surface area contributed by atoms with Crippen molar-refractivity contribution in [2.24, 2.45) is 0 Å². The predicted octanol–water partition coefficient (Wildman–Crippen LogP) is 3.68. The highest BCUT2D eigenvalue weighted by Gasteiger charge is 2.25. The van der Waals surface area contributed by atoms with Gasteiger partial charge in [-0.05, 0) is 25.0 Å². The molecule has 0 saturated heterocycles. The number of pyridine rings is 1. The topological polar surface area (TPSA) is 37.8 Å². The van der Waals surface area contributed by atoms with Gasteiger partial charge in [0.25, 0.3) is 0 Å². The number of nitrogens with zero attached hydrogens (tertiary/aromatic N) is 2. The molecule has 0 radical (unpaired) electrons. The second kappa shape index (κ2) is 5.85. The molecule has 1 fully saturated rings. The van der Waals surface area contributed by atoms with E-state index < -0.39 is 0 Å². The molecule has 0 amide bonds. The smallest absolute Gasteiger partial charge is 0.0991 e. The lowest BCUT2D eigenvalue weighted by Crippen LogP contribution is -2.20. The van der Waals surface area contributed by atoms with Crippen molar-refractivity contribution < 1.29 is 0 Å². The van der Waals surface area contributed by atoms with Gasteiger partial charge in [0.05, 0.1) is 10.7 Å². The Bertz CT molecular complexity index is 594. The van der Waals surface area contributed by atoms with Crippen molar-refractivity contribution in [3.63, 3.8) is 0 Å². The van der Waals surface area contributed by atoms with Crippen LogP contribution < -0.4 is 5.32 Å². The van der Waals surface area contributed by atoms with E-state index in [2.05, 4.69) is 37.1 Å². The van der Waals surface area contributed by atoms with E-state index in [0.717, 1.165) is 24.7 Å². The molecule has 112 valence electrons. The molecule has 4 heteroatoms. The summed E-state index contributed by atoms with van der Waals surface area (Å²) in [4.78, 5) is 10.7. The lowest BCUT2D eigenvalue weighted by atomic mass is 9.91. The maximum absolute atomic E-state index is 4.91. The van der Waals surface area contributed by atoms with Gasteiger partial charge in [-0.25, -0.2) is 4.98 Å². The molecule has 1 N–H and O–H groups in total. The molecular formula is C17H23N3S. The molecule has 0 aliphatic heterocycles. The van der Waals surface area contributed by atoms with E-state index in [4.69, 9.17) is 4.98 Å². The summed E-state index contributed by atoms with van der Waals surface area (Å²) in [6.45, 7) is 7.69. The van der Waals surface area contributed by atoms with Crippen LogP contribution in [-0.2, 0) is 18.4 Å². The number of thiazole rings is 1. The van der Waals surface area contributed by atoms with Crippen LogP contribution in [0.1, 0.15) is 54.9 Å². The SMILES string of the molecule is CC(C)(C)c1nc(Cc2ccccn2)sc1CNC1CC1. The minimum atomic E-state index is 0.0967. The lowest BCUT2D eigenvalue weighted by molar-refractivity contribution is 0.557. The van der Waals surface area contributed by atoms with Crippen LogP contribution in [0.15, 0.2) is 24.4 Å². The summed E-state index contributed by atoms with van der Waals surface area (Å²) in [6, 6.07) is 6.80. The fourth-order valence-electron chi connectivity index (χ4n) is 2.36. The van der Waals surface area contributed by atoms with Crippen LogP contribution in [0.25, 0.3) is 0 Å². The number of hydrogen-bond donors (Lipinski definition) is 1. The zero-order valence-electron chi connectivity index (χ0n) is 13.0. The number of aromatic nitrogens is 2. The molecule has 0 bridgehead atoms. The molecule has 0 aromatic carbocycles. The fraction of sp³-hybridized carbons (Fsp3) is 0.529. The summed E-state index contributed by atoms with van der Waals surface area (Å²) >= 11 is 1.84. The largest absolute Gasteiger partial charge is 0.309 e. The van der Waals surface area contributed by atoms with Gasteiger partial charge in [0.2, 0.25) is 0 Å². The predicted molar refractivity (Wildman–Crippen MR) is 87.7 cm³/mol. The number of nitrogens with one attached hydrogen (secondary N) is 1. The van der Waals surface area contributed by atoms with Gasteiger partial charge in [-0.15, -0.1) is 11.3 Å². The molecule has 2 heterocycles. The first-order chi connectivity index (χ1) is 10.0. The first-order valence-corrected chi connectivity index (χ1v) is 8.46. The summed E-state index contributed by atoms with van der Waals surface area (Å²) in [6.07, 6.45) is 5.33. The fourth-order valence-corrected chi connectivity index (χ4v) is 3.61. The Hall–Kier alpha value is -1.26. The third kappa shape index (κ3) is 3.89. The van der Waals surface area contributed by atoms with Gasteiger partial charge in [-0.3, -0.25) is 4.98 Å². The first-order valence-electron chi connectivity index (χ1n) is 7.65. The van der Waals surface area contributed by atoms with Crippen LogP contribution >= 0.6 is 11.3 Å². The van der Waals surface area contributed by atoms with Crippen LogP contribution in [-0.4, -0.2) is 16.0 Å². The Morgan fingerprint density at radius 1 is 1.29 bits per heavy atom. The van der Waals surface area contributed by atoms with E-state index >= 15 is 0 Å². The summed E-state index contributed by atoms with van der Waals surface area (Å²) in [5, 5.41) is 4.79. The Morgan fingerprint density at radius 3 is 2.71 bits per heavy atom. The van der Waals surface area contributed by atoms with E-state index in [1.165, 1.54) is 28.4 Å². The molecule has 21 heavy (non-hydrogen) atoms. The summed E-state index contributed by atoms with van der Waals surface area (Å²) in [5.74, 6) is 0. The van der Waals surface area contributed by atoms with Crippen molar-refractivity contribution in [2.45, 2.75) is 58.0 Å². The molecule has 2 aromatic heterocycles. The van der Waals surface area contributed by atoms with Crippen LogP contribution in [0.5, 0.6) is 0 Å². The number of rotatable bonds is 5. The van der Waals surface area contributed by atoms with Crippen molar-refractivity contribution in [1.29, 1.82) is 0 Å². The van der Waals surface area contributed by atoms with Crippen LogP contribution in [0, 0.1) is 0 Å². The molecular weight excluding hydrogens is 278 g/mol. The minimum Gasteiger partial charge on any atom is -0.309 e. The van der Waals surface area contributed by atoms with Crippen LogP contribution in [0.2, 0.25) is 0 Å². The maximum Gasteiger partial charge on any atom is 0.0991 e. The van der Waals surface area contributed by atoms with Gasteiger partial charge in [-0.2, -0.15) is 0 Å². The molecule has 1 aliphatic rings. The highest BCUT2D eigenvalue weighted by Crippen LogP contribution is 2.31. The highest BCUT2D eigenvalue weighted by atomic mass is 32.1.